The number of aromatic hydroxyl groups is 2. The van der Waals surface area contributed by atoms with Crippen LogP contribution in [0.15, 0.2) is 36.1 Å². The van der Waals surface area contributed by atoms with E-state index < -0.39 is 23.1 Å². The van der Waals surface area contributed by atoms with Crippen molar-refractivity contribution in [3.63, 3.8) is 0 Å². The molecule has 2 rings (SSSR count). The van der Waals surface area contributed by atoms with Crippen LogP contribution in [0.4, 0.5) is 8.78 Å². The molecule has 0 aliphatic heterocycles. The Kier molecular flexibility index (Phi) is 7.41. The minimum absolute atomic E-state index is 0.0130. The third-order valence-electron chi connectivity index (χ3n) is 4.27. The molecule has 0 radical (unpaired) electrons. The highest BCUT2D eigenvalue weighted by atomic mass is 19.1. The number of aryl methyl sites for hydroxylation is 2. The Balaban J connectivity index is 1.94. The maximum Gasteiger partial charge on any atom is 0.194 e. The number of benzene rings is 2. The molecular weight excluding hydrogens is 386 g/mol. The number of phenols is 2. The van der Waals surface area contributed by atoms with Crippen LogP contribution in [0.5, 0.6) is 23.0 Å². The van der Waals surface area contributed by atoms with Crippen molar-refractivity contribution in [2.24, 2.45) is 0 Å². The van der Waals surface area contributed by atoms with Gasteiger partial charge in [0, 0.05) is 18.9 Å². The van der Waals surface area contributed by atoms with Crippen LogP contribution >= 0.6 is 0 Å². The predicted octanol–water partition coefficient (Wildman–Crippen LogP) is 3.97. The van der Waals surface area contributed by atoms with Gasteiger partial charge in [0.2, 0.25) is 0 Å². The minimum Gasteiger partial charge on any atom is -0.512 e. The number of carbonyl (C=O) groups is 1. The smallest absolute Gasteiger partial charge is 0.194 e. The van der Waals surface area contributed by atoms with Crippen LogP contribution in [-0.2, 0) is 17.6 Å². The van der Waals surface area contributed by atoms with Gasteiger partial charge in [-0.05, 0) is 48.2 Å². The maximum absolute atomic E-state index is 13.6. The molecule has 0 fully saturated rings. The number of ketones is 1. The number of carbonyl (C=O) groups excluding carboxylic acids is 1. The van der Waals surface area contributed by atoms with Gasteiger partial charge in [0.15, 0.2) is 40.4 Å². The number of rotatable bonds is 9. The molecule has 0 spiro atoms. The molecule has 0 bridgehead atoms. The van der Waals surface area contributed by atoms with Gasteiger partial charge in [-0.1, -0.05) is 0 Å². The van der Waals surface area contributed by atoms with Gasteiger partial charge in [0.1, 0.15) is 0 Å². The molecule has 2 aromatic rings. The van der Waals surface area contributed by atoms with Crippen molar-refractivity contribution >= 4 is 5.78 Å². The van der Waals surface area contributed by atoms with E-state index in [2.05, 4.69) is 0 Å². The SMILES string of the molecule is COc1cc(CCC(=O)C=C(O)CCc2cc(F)c(O)c(OC)c2)cc(F)c1O. The van der Waals surface area contributed by atoms with Gasteiger partial charge in [-0.25, -0.2) is 8.78 Å². The standard InChI is InChI=1S/C21H22F2O6/c1-28-18-9-12(7-16(22)20(18)26)3-5-14(24)11-15(25)6-4-13-8-17(23)21(27)19(10-13)29-2/h7-11,24,26-27H,3-6H2,1-2H3. The number of aliphatic hydroxyl groups is 1. The zero-order valence-corrected chi connectivity index (χ0v) is 16.0. The Bertz CT molecular complexity index is 924. The number of ether oxygens (including phenoxy) is 2. The van der Waals surface area contributed by atoms with Crippen LogP contribution in [0.3, 0.4) is 0 Å². The third-order valence-corrected chi connectivity index (χ3v) is 4.27. The van der Waals surface area contributed by atoms with Crippen LogP contribution in [0.25, 0.3) is 0 Å². The number of methoxy groups -OCH3 is 2. The first kappa shape index (κ1) is 22.0. The summed E-state index contributed by atoms with van der Waals surface area (Å²) in [5, 5.41) is 28.9. The average molecular weight is 408 g/mol. The molecule has 0 unspecified atom stereocenters. The van der Waals surface area contributed by atoms with Gasteiger partial charge >= 0.3 is 0 Å². The lowest BCUT2D eigenvalue weighted by Gasteiger charge is -2.08. The van der Waals surface area contributed by atoms with E-state index >= 15 is 0 Å². The molecule has 0 amide bonds. The first-order chi connectivity index (χ1) is 13.7. The van der Waals surface area contributed by atoms with Crippen molar-refractivity contribution in [1.29, 1.82) is 0 Å². The lowest BCUT2D eigenvalue weighted by molar-refractivity contribution is -0.114. The normalized spacial score (nSPS) is 11.4. The minimum atomic E-state index is -0.846. The van der Waals surface area contributed by atoms with Gasteiger partial charge < -0.3 is 24.8 Å². The summed E-state index contributed by atoms with van der Waals surface area (Å²) in [6.07, 6.45) is 1.59. The molecule has 0 heterocycles. The quantitative estimate of drug-likeness (QED) is 0.429. The van der Waals surface area contributed by atoms with Crippen LogP contribution in [-0.4, -0.2) is 35.3 Å². The van der Waals surface area contributed by atoms with E-state index in [1.165, 1.54) is 26.4 Å². The summed E-state index contributed by atoms with van der Waals surface area (Å²) < 4.78 is 37.0. The molecular formula is C21H22F2O6. The number of phenolic OH excluding ortho intramolecular Hbond substituents is 2. The van der Waals surface area contributed by atoms with E-state index in [1.54, 1.807) is 0 Å². The summed E-state index contributed by atoms with van der Waals surface area (Å²) in [6.45, 7) is 0. The molecule has 0 aliphatic carbocycles. The Morgan fingerprint density at radius 3 is 1.79 bits per heavy atom. The lowest BCUT2D eigenvalue weighted by Crippen LogP contribution is -2.00. The molecule has 8 heteroatoms. The van der Waals surface area contributed by atoms with E-state index in [1.807, 2.05) is 0 Å². The van der Waals surface area contributed by atoms with E-state index in [4.69, 9.17) is 9.47 Å². The molecule has 0 aromatic heterocycles. The predicted molar refractivity (Wildman–Crippen MR) is 102 cm³/mol. The van der Waals surface area contributed by atoms with Crippen molar-refractivity contribution in [2.45, 2.75) is 25.7 Å². The van der Waals surface area contributed by atoms with Gasteiger partial charge in [-0.2, -0.15) is 0 Å². The lowest BCUT2D eigenvalue weighted by atomic mass is 10.0. The summed E-state index contributed by atoms with van der Waals surface area (Å²) in [5.41, 5.74) is 0.946. The Hall–Kier alpha value is -3.29. The molecule has 0 aliphatic rings. The monoisotopic (exact) mass is 408 g/mol. The van der Waals surface area contributed by atoms with Crippen molar-refractivity contribution < 1.29 is 38.4 Å². The summed E-state index contributed by atoms with van der Waals surface area (Å²) in [6, 6.07) is 5.11. The molecule has 0 saturated carbocycles. The fourth-order valence-electron chi connectivity index (χ4n) is 2.72. The second kappa shape index (κ2) is 9.77. The van der Waals surface area contributed by atoms with Gasteiger partial charge in [-0.15, -0.1) is 0 Å². The number of aliphatic hydroxyl groups excluding tert-OH is 1. The van der Waals surface area contributed by atoms with Crippen molar-refractivity contribution in [3.8, 4) is 23.0 Å². The molecule has 0 saturated heterocycles. The molecule has 0 atom stereocenters. The second-order valence-electron chi connectivity index (χ2n) is 6.36. The number of hydrogen-bond donors (Lipinski definition) is 3. The topological polar surface area (TPSA) is 96.2 Å². The Morgan fingerprint density at radius 1 is 0.897 bits per heavy atom. The number of allylic oxidation sites excluding steroid dienone is 2. The number of hydrogen-bond acceptors (Lipinski definition) is 6. The fourth-order valence-corrected chi connectivity index (χ4v) is 2.72. The second-order valence-corrected chi connectivity index (χ2v) is 6.36. The van der Waals surface area contributed by atoms with Crippen LogP contribution in [0, 0.1) is 11.6 Å². The van der Waals surface area contributed by atoms with Gasteiger partial charge in [0.05, 0.1) is 20.0 Å². The molecule has 29 heavy (non-hydrogen) atoms. The van der Waals surface area contributed by atoms with Crippen LogP contribution in [0.1, 0.15) is 24.0 Å². The number of halogens is 2. The molecule has 6 nitrogen and oxygen atoms in total. The zero-order chi connectivity index (χ0) is 21.6. The Morgan fingerprint density at radius 2 is 1.34 bits per heavy atom. The fraction of sp³-hybridized carbons (Fsp3) is 0.286. The largest absolute Gasteiger partial charge is 0.512 e. The first-order valence-corrected chi connectivity index (χ1v) is 8.78. The summed E-state index contributed by atoms with van der Waals surface area (Å²) in [5.74, 6) is -3.46. The van der Waals surface area contributed by atoms with Crippen molar-refractivity contribution in [1.82, 2.24) is 0 Å². The average Bonchev–Trinajstić information content (AvgIpc) is 2.69. The van der Waals surface area contributed by atoms with E-state index in [9.17, 15) is 28.9 Å². The zero-order valence-electron chi connectivity index (χ0n) is 16.0. The summed E-state index contributed by atoms with van der Waals surface area (Å²) >= 11 is 0. The third kappa shape index (κ3) is 5.84. The van der Waals surface area contributed by atoms with E-state index in [-0.39, 0.29) is 48.7 Å². The highest BCUT2D eigenvalue weighted by molar-refractivity contribution is 5.90. The van der Waals surface area contributed by atoms with Gasteiger partial charge in [0.25, 0.3) is 0 Å². The maximum atomic E-state index is 13.6. The van der Waals surface area contributed by atoms with Crippen LogP contribution < -0.4 is 9.47 Å². The van der Waals surface area contributed by atoms with Crippen LogP contribution in [0.2, 0.25) is 0 Å². The summed E-state index contributed by atoms with van der Waals surface area (Å²) in [4.78, 5) is 12.0. The molecule has 3 N–H and O–H groups in total. The van der Waals surface area contributed by atoms with Gasteiger partial charge in [-0.3, -0.25) is 4.79 Å². The van der Waals surface area contributed by atoms with E-state index in [0.717, 1.165) is 18.2 Å². The highest BCUT2D eigenvalue weighted by Crippen LogP contribution is 2.31. The Labute approximate surface area is 166 Å². The molecule has 156 valence electrons. The highest BCUT2D eigenvalue weighted by Gasteiger charge is 2.13. The molecule has 2 aromatic carbocycles. The van der Waals surface area contributed by atoms with Crippen molar-refractivity contribution in [2.75, 3.05) is 14.2 Å². The van der Waals surface area contributed by atoms with E-state index in [0.29, 0.717) is 11.1 Å². The summed E-state index contributed by atoms with van der Waals surface area (Å²) in [7, 11) is 2.59. The first-order valence-electron chi connectivity index (χ1n) is 8.78. The van der Waals surface area contributed by atoms with Crippen molar-refractivity contribution in [3.05, 3.63) is 58.9 Å².